The van der Waals surface area contributed by atoms with Gasteiger partial charge in [-0.25, -0.2) is 4.98 Å². The van der Waals surface area contributed by atoms with Crippen molar-refractivity contribution in [2.24, 2.45) is 11.8 Å². The van der Waals surface area contributed by atoms with Crippen LogP contribution in [0.15, 0.2) is 18.3 Å². The van der Waals surface area contributed by atoms with Crippen molar-refractivity contribution in [2.45, 2.75) is 50.7 Å². The Bertz CT molecular complexity index is 430. The standard InChI is InChI=1S/C15H26N4O/c1-11-5-7-15(20-2,8-6-11)13(19-17)10-12-4-3-9-18-14(12)16/h3-4,9,11,13,19H,5-8,10,17H2,1-2H3,(H2,16,18). The lowest BCUT2D eigenvalue weighted by Gasteiger charge is -2.44. The summed E-state index contributed by atoms with van der Waals surface area (Å²) in [5.41, 5.74) is 9.70. The molecule has 1 aliphatic rings. The summed E-state index contributed by atoms with van der Waals surface area (Å²) in [6.07, 6.45) is 6.85. The van der Waals surface area contributed by atoms with Crippen molar-refractivity contribution < 1.29 is 4.74 Å². The minimum absolute atomic E-state index is 0.0477. The fourth-order valence-electron chi connectivity index (χ4n) is 3.19. The summed E-state index contributed by atoms with van der Waals surface area (Å²) >= 11 is 0. The summed E-state index contributed by atoms with van der Waals surface area (Å²) < 4.78 is 5.89. The van der Waals surface area contributed by atoms with E-state index in [1.54, 1.807) is 13.3 Å². The fourth-order valence-corrected chi connectivity index (χ4v) is 3.19. The van der Waals surface area contributed by atoms with Crippen molar-refractivity contribution in [2.75, 3.05) is 12.8 Å². The van der Waals surface area contributed by atoms with Crippen LogP contribution in [0.3, 0.4) is 0 Å². The first-order valence-electron chi connectivity index (χ1n) is 7.32. The van der Waals surface area contributed by atoms with Gasteiger partial charge in [-0.3, -0.25) is 11.3 Å². The first kappa shape index (κ1) is 15.2. The van der Waals surface area contributed by atoms with Crippen molar-refractivity contribution in [1.29, 1.82) is 0 Å². The Balaban J connectivity index is 2.16. The molecule has 1 aromatic rings. The summed E-state index contributed by atoms with van der Waals surface area (Å²) in [6, 6.07) is 3.95. The third-order valence-electron chi connectivity index (χ3n) is 4.71. The highest BCUT2D eigenvalue weighted by atomic mass is 16.5. The number of nitrogens with two attached hydrogens (primary N) is 2. The van der Waals surface area contributed by atoms with E-state index in [4.69, 9.17) is 16.3 Å². The minimum Gasteiger partial charge on any atom is -0.383 e. The molecule has 5 heteroatoms. The van der Waals surface area contributed by atoms with Crippen molar-refractivity contribution in [3.63, 3.8) is 0 Å². The van der Waals surface area contributed by atoms with Gasteiger partial charge in [0.05, 0.1) is 11.6 Å². The summed E-state index contributed by atoms with van der Waals surface area (Å²) in [6.45, 7) is 2.30. The third-order valence-corrected chi connectivity index (χ3v) is 4.71. The van der Waals surface area contributed by atoms with Gasteiger partial charge in [0.1, 0.15) is 5.82 Å². The van der Waals surface area contributed by atoms with E-state index < -0.39 is 0 Å². The van der Waals surface area contributed by atoms with Gasteiger partial charge in [-0.15, -0.1) is 0 Å². The highest BCUT2D eigenvalue weighted by Crippen LogP contribution is 2.37. The zero-order valence-corrected chi connectivity index (χ0v) is 12.4. The molecule has 0 amide bonds. The van der Waals surface area contributed by atoms with E-state index >= 15 is 0 Å². The lowest BCUT2D eigenvalue weighted by Crippen LogP contribution is -2.57. The van der Waals surface area contributed by atoms with E-state index in [0.29, 0.717) is 5.82 Å². The summed E-state index contributed by atoms with van der Waals surface area (Å²) in [5.74, 6) is 7.14. The summed E-state index contributed by atoms with van der Waals surface area (Å²) in [5, 5.41) is 0. The minimum atomic E-state index is -0.205. The predicted octanol–water partition coefficient (Wildman–Crippen LogP) is 1.63. The van der Waals surface area contributed by atoms with Gasteiger partial charge in [0, 0.05) is 13.3 Å². The number of aromatic nitrogens is 1. The molecule has 0 aliphatic heterocycles. The molecule has 1 fully saturated rings. The molecule has 5 N–H and O–H groups in total. The zero-order valence-electron chi connectivity index (χ0n) is 12.4. The number of anilines is 1. The monoisotopic (exact) mass is 278 g/mol. The summed E-state index contributed by atoms with van der Waals surface area (Å²) in [7, 11) is 1.78. The van der Waals surface area contributed by atoms with Crippen LogP contribution in [0, 0.1) is 5.92 Å². The van der Waals surface area contributed by atoms with Gasteiger partial charge < -0.3 is 10.5 Å². The molecule has 0 aromatic carbocycles. The molecule has 20 heavy (non-hydrogen) atoms. The Morgan fingerprint density at radius 3 is 2.75 bits per heavy atom. The first-order chi connectivity index (χ1) is 9.61. The van der Waals surface area contributed by atoms with Crippen molar-refractivity contribution in [1.82, 2.24) is 10.4 Å². The molecular formula is C15H26N4O. The van der Waals surface area contributed by atoms with E-state index in [1.165, 1.54) is 12.8 Å². The van der Waals surface area contributed by atoms with Crippen LogP contribution >= 0.6 is 0 Å². The Hall–Kier alpha value is -1.17. The van der Waals surface area contributed by atoms with Gasteiger partial charge in [0.15, 0.2) is 0 Å². The van der Waals surface area contributed by atoms with E-state index in [0.717, 1.165) is 30.7 Å². The first-order valence-corrected chi connectivity index (χ1v) is 7.32. The van der Waals surface area contributed by atoms with Crippen LogP contribution in [-0.2, 0) is 11.2 Å². The number of nitrogens with one attached hydrogen (secondary N) is 1. The summed E-state index contributed by atoms with van der Waals surface area (Å²) in [4.78, 5) is 4.14. The number of methoxy groups -OCH3 is 1. The second-order valence-corrected chi connectivity index (χ2v) is 5.92. The molecule has 1 heterocycles. The van der Waals surface area contributed by atoms with Crippen molar-refractivity contribution in [3.05, 3.63) is 23.9 Å². The Morgan fingerprint density at radius 1 is 1.50 bits per heavy atom. The molecule has 5 nitrogen and oxygen atoms in total. The fraction of sp³-hybridized carbons (Fsp3) is 0.667. The molecule has 1 aliphatic carbocycles. The third kappa shape index (κ3) is 3.11. The molecule has 1 aromatic heterocycles. The lowest BCUT2D eigenvalue weighted by atomic mass is 9.74. The molecule has 2 rings (SSSR count). The topological polar surface area (TPSA) is 86.2 Å². The van der Waals surface area contributed by atoms with Crippen molar-refractivity contribution >= 4 is 5.82 Å². The quantitative estimate of drug-likeness (QED) is 0.563. The van der Waals surface area contributed by atoms with Crippen LogP contribution in [0.25, 0.3) is 0 Å². The normalized spacial score (nSPS) is 28.2. The Kier molecular flexibility index (Phi) is 4.96. The number of hydrogen-bond donors (Lipinski definition) is 3. The largest absolute Gasteiger partial charge is 0.383 e. The van der Waals surface area contributed by atoms with Gasteiger partial charge in [0.2, 0.25) is 0 Å². The molecule has 0 radical (unpaired) electrons. The van der Waals surface area contributed by atoms with E-state index in [2.05, 4.69) is 17.3 Å². The molecule has 0 bridgehead atoms. The highest BCUT2D eigenvalue weighted by Gasteiger charge is 2.41. The average molecular weight is 278 g/mol. The number of hydrogen-bond acceptors (Lipinski definition) is 5. The van der Waals surface area contributed by atoms with Crippen LogP contribution in [0.5, 0.6) is 0 Å². The van der Waals surface area contributed by atoms with Crippen LogP contribution in [0.4, 0.5) is 5.82 Å². The van der Waals surface area contributed by atoms with Crippen LogP contribution in [0.1, 0.15) is 38.2 Å². The maximum atomic E-state index is 5.94. The number of hydrazine groups is 1. The highest BCUT2D eigenvalue weighted by molar-refractivity contribution is 5.39. The maximum Gasteiger partial charge on any atom is 0.126 e. The van der Waals surface area contributed by atoms with Gasteiger partial charge >= 0.3 is 0 Å². The van der Waals surface area contributed by atoms with Crippen LogP contribution in [0.2, 0.25) is 0 Å². The smallest absolute Gasteiger partial charge is 0.126 e. The number of rotatable bonds is 5. The van der Waals surface area contributed by atoms with E-state index in [9.17, 15) is 0 Å². The van der Waals surface area contributed by atoms with E-state index in [1.807, 2.05) is 12.1 Å². The molecule has 1 saturated carbocycles. The molecule has 1 atom stereocenters. The van der Waals surface area contributed by atoms with Gasteiger partial charge in [-0.05, 0) is 49.7 Å². The predicted molar refractivity (Wildman–Crippen MR) is 80.8 cm³/mol. The van der Waals surface area contributed by atoms with Gasteiger partial charge in [-0.2, -0.15) is 0 Å². The molecule has 0 saturated heterocycles. The second-order valence-electron chi connectivity index (χ2n) is 5.92. The molecule has 1 unspecified atom stereocenters. The van der Waals surface area contributed by atoms with Crippen LogP contribution in [-0.4, -0.2) is 23.7 Å². The maximum absolute atomic E-state index is 5.94. The Morgan fingerprint density at radius 2 is 2.20 bits per heavy atom. The molecule has 0 spiro atoms. The van der Waals surface area contributed by atoms with Crippen LogP contribution < -0.4 is 17.0 Å². The molecular weight excluding hydrogens is 252 g/mol. The van der Waals surface area contributed by atoms with Crippen molar-refractivity contribution in [3.8, 4) is 0 Å². The number of ether oxygens (including phenoxy) is 1. The van der Waals surface area contributed by atoms with Gasteiger partial charge in [-0.1, -0.05) is 13.0 Å². The Labute approximate surface area is 121 Å². The zero-order chi connectivity index (χ0) is 14.6. The molecule has 112 valence electrons. The van der Waals surface area contributed by atoms with Gasteiger partial charge in [0.25, 0.3) is 0 Å². The van der Waals surface area contributed by atoms with E-state index in [-0.39, 0.29) is 11.6 Å². The lowest BCUT2D eigenvalue weighted by molar-refractivity contribution is -0.0746. The second kappa shape index (κ2) is 6.52. The number of nitrogen functional groups attached to an aromatic ring is 1. The SMILES string of the molecule is COC1(C(Cc2cccnc2N)NN)CCC(C)CC1. The number of nitrogens with zero attached hydrogens (tertiary/aromatic N) is 1. The number of pyridine rings is 1. The average Bonchev–Trinajstić information content (AvgIpc) is 2.48.